The highest BCUT2D eigenvalue weighted by molar-refractivity contribution is 9.10. The van der Waals surface area contributed by atoms with Crippen molar-refractivity contribution < 1.29 is 17.9 Å². The molecular weight excluding hydrogens is 394 g/mol. The van der Waals surface area contributed by atoms with Gasteiger partial charge in [-0.25, -0.2) is 17.5 Å². The zero-order valence-electron chi connectivity index (χ0n) is 13.6. The highest BCUT2D eigenvalue weighted by Crippen LogP contribution is 2.23. The number of carbonyl (C=O) groups is 1. The van der Waals surface area contributed by atoms with Crippen molar-refractivity contribution in [2.24, 2.45) is 0 Å². The van der Waals surface area contributed by atoms with Gasteiger partial charge in [0.05, 0.1) is 10.5 Å². The Bertz CT molecular complexity index is 845. The number of carbonyl (C=O) groups excluding carboxylic acids is 1. The van der Waals surface area contributed by atoms with E-state index in [2.05, 4.69) is 15.9 Å². The lowest BCUT2D eigenvalue weighted by atomic mass is 10.2. The van der Waals surface area contributed by atoms with Gasteiger partial charge in [-0.15, -0.1) is 0 Å². The first-order valence-electron chi connectivity index (χ1n) is 7.16. The van der Waals surface area contributed by atoms with Gasteiger partial charge in [-0.1, -0.05) is 29.8 Å². The van der Waals surface area contributed by atoms with Crippen LogP contribution >= 0.6 is 15.9 Å². The first-order chi connectivity index (χ1) is 11.2. The van der Waals surface area contributed by atoms with E-state index in [0.717, 1.165) is 15.4 Å². The van der Waals surface area contributed by atoms with Gasteiger partial charge < -0.3 is 4.74 Å². The van der Waals surface area contributed by atoms with Crippen LogP contribution in [0.3, 0.4) is 0 Å². The first kappa shape index (κ1) is 18.6. The van der Waals surface area contributed by atoms with E-state index < -0.39 is 16.0 Å². The maximum atomic E-state index is 12.3. The van der Waals surface area contributed by atoms with Gasteiger partial charge in [-0.05, 0) is 46.6 Å². The quantitative estimate of drug-likeness (QED) is 0.707. The summed E-state index contributed by atoms with van der Waals surface area (Å²) in [5, 5.41) is 0. The van der Waals surface area contributed by atoms with Crippen molar-refractivity contribution in [3.8, 4) is 0 Å². The van der Waals surface area contributed by atoms with Gasteiger partial charge in [0.15, 0.2) is 0 Å². The van der Waals surface area contributed by atoms with Gasteiger partial charge in [0.25, 0.3) is 0 Å². The number of hydrogen-bond donors (Lipinski definition) is 0. The molecule has 0 heterocycles. The molecule has 0 amide bonds. The molecule has 2 aromatic rings. The Morgan fingerprint density at radius 1 is 1.12 bits per heavy atom. The summed E-state index contributed by atoms with van der Waals surface area (Å²) in [5.41, 5.74) is 2.15. The average molecular weight is 412 g/mol. The predicted molar refractivity (Wildman–Crippen MR) is 95.3 cm³/mol. The van der Waals surface area contributed by atoms with Gasteiger partial charge >= 0.3 is 5.97 Å². The summed E-state index contributed by atoms with van der Waals surface area (Å²) < 4.78 is 31.2. The van der Waals surface area contributed by atoms with Gasteiger partial charge in [0, 0.05) is 18.6 Å². The Morgan fingerprint density at radius 3 is 2.33 bits per heavy atom. The smallest absolute Gasteiger partial charge is 0.339 e. The molecule has 0 aliphatic carbocycles. The number of sulfonamides is 1. The number of nitrogens with zero attached hydrogens (tertiary/aromatic N) is 1. The summed E-state index contributed by atoms with van der Waals surface area (Å²) in [6.07, 6.45) is 0. The lowest BCUT2D eigenvalue weighted by molar-refractivity contribution is 0.0471. The van der Waals surface area contributed by atoms with E-state index in [1.54, 1.807) is 0 Å². The van der Waals surface area contributed by atoms with Crippen molar-refractivity contribution in [2.75, 3.05) is 14.1 Å². The molecule has 0 bridgehead atoms. The molecule has 0 spiro atoms. The standard InChI is InChI=1S/C17H18BrNO4S/c1-12-4-6-13(7-5-12)11-23-17(20)15-10-14(8-9-16(15)18)24(21,22)19(2)3/h4-10H,11H2,1-3H3. The third kappa shape index (κ3) is 4.23. The minimum Gasteiger partial charge on any atom is -0.457 e. The van der Waals surface area contributed by atoms with Crippen LogP contribution in [0.4, 0.5) is 0 Å². The Hall–Kier alpha value is -1.70. The third-order valence-electron chi connectivity index (χ3n) is 3.43. The van der Waals surface area contributed by atoms with E-state index >= 15 is 0 Å². The lowest BCUT2D eigenvalue weighted by Crippen LogP contribution is -2.22. The van der Waals surface area contributed by atoms with Crippen LogP contribution in [0.2, 0.25) is 0 Å². The number of benzene rings is 2. The molecule has 0 aromatic heterocycles. The van der Waals surface area contributed by atoms with Crippen LogP contribution in [0.25, 0.3) is 0 Å². The zero-order valence-corrected chi connectivity index (χ0v) is 16.0. The van der Waals surface area contributed by atoms with Crippen LogP contribution in [0.15, 0.2) is 51.8 Å². The summed E-state index contributed by atoms with van der Waals surface area (Å²) in [4.78, 5) is 12.3. The zero-order chi connectivity index (χ0) is 17.9. The van der Waals surface area contributed by atoms with E-state index in [9.17, 15) is 13.2 Å². The Kier molecular flexibility index (Phi) is 5.79. The molecule has 128 valence electrons. The second-order valence-electron chi connectivity index (χ2n) is 5.49. The van der Waals surface area contributed by atoms with Crippen LogP contribution in [-0.2, 0) is 21.4 Å². The molecular formula is C17H18BrNO4S. The number of ether oxygens (including phenoxy) is 1. The molecule has 24 heavy (non-hydrogen) atoms. The fourth-order valence-corrected chi connectivity index (χ4v) is 3.28. The maximum absolute atomic E-state index is 12.3. The molecule has 0 aliphatic heterocycles. The number of hydrogen-bond acceptors (Lipinski definition) is 4. The van der Waals surface area contributed by atoms with E-state index in [0.29, 0.717) is 4.47 Å². The SMILES string of the molecule is Cc1ccc(COC(=O)c2cc(S(=O)(=O)N(C)C)ccc2Br)cc1. The van der Waals surface area contributed by atoms with E-state index in [-0.39, 0.29) is 17.1 Å². The first-order valence-corrected chi connectivity index (χ1v) is 9.40. The van der Waals surface area contributed by atoms with Crippen molar-refractivity contribution in [1.82, 2.24) is 4.31 Å². The van der Waals surface area contributed by atoms with E-state index in [4.69, 9.17) is 4.74 Å². The van der Waals surface area contributed by atoms with Crippen molar-refractivity contribution in [2.45, 2.75) is 18.4 Å². The highest BCUT2D eigenvalue weighted by Gasteiger charge is 2.21. The predicted octanol–water partition coefficient (Wildman–Crippen LogP) is 3.36. The van der Waals surface area contributed by atoms with Crippen LogP contribution in [-0.4, -0.2) is 32.8 Å². The van der Waals surface area contributed by atoms with Gasteiger partial charge in [0.2, 0.25) is 10.0 Å². The van der Waals surface area contributed by atoms with Crippen LogP contribution < -0.4 is 0 Å². The monoisotopic (exact) mass is 411 g/mol. The van der Waals surface area contributed by atoms with Crippen LogP contribution in [0.5, 0.6) is 0 Å². The van der Waals surface area contributed by atoms with Crippen LogP contribution in [0.1, 0.15) is 21.5 Å². The summed E-state index contributed by atoms with van der Waals surface area (Å²) in [6, 6.07) is 11.9. The Labute approximate surface area is 150 Å². The third-order valence-corrected chi connectivity index (χ3v) is 5.93. The number of aryl methyl sites for hydroxylation is 1. The summed E-state index contributed by atoms with van der Waals surface area (Å²) in [6.45, 7) is 2.10. The van der Waals surface area contributed by atoms with Gasteiger partial charge in [0.1, 0.15) is 6.61 Å². The fourth-order valence-electron chi connectivity index (χ4n) is 1.94. The molecule has 2 aromatic carbocycles. The van der Waals surface area contributed by atoms with Gasteiger partial charge in [-0.3, -0.25) is 0 Å². The molecule has 0 aliphatic rings. The van der Waals surface area contributed by atoms with E-state index in [1.165, 1.54) is 32.3 Å². The summed E-state index contributed by atoms with van der Waals surface area (Å²) >= 11 is 3.26. The van der Waals surface area contributed by atoms with Crippen molar-refractivity contribution in [3.63, 3.8) is 0 Å². The summed E-state index contributed by atoms with van der Waals surface area (Å²) in [7, 11) is -0.742. The fraction of sp³-hybridized carbons (Fsp3) is 0.235. The minimum absolute atomic E-state index is 0.0398. The molecule has 0 fully saturated rings. The maximum Gasteiger partial charge on any atom is 0.339 e. The lowest BCUT2D eigenvalue weighted by Gasteiger charge is -2.13. The largest absolute Gasteiger partial charge is 0.457 e. The molecule has 7 heteroatoms. The van der Waals surface area contributed by atoms with Crippen LogP contribution in [0, 0.1) is 6.92 Å². The van der Waals surface area contributed by atoms with Crippen molar-refractivity contribution >= 4 is 31.9 Å². The van der Waals surface area contributed by atoms with Gasteiger partial charge in [-0.2, -0.15) is 0 Å². The number of rotatable bonds is 5. The number of esters is 1. The molecule has 0 saturated carbocycles. The highest BCUT2D eigenvalue weighted by atomic mass is 79.9. The second kappa shape index (κ2) is 7.46. The topological polar surface area (TPSA) is 63.7 Å². The molecule has 5 nitrogen and oxygen atoms in total. The second-order valence-corrected chi connectivity index (χ2v) is 8.50. The minimum atomic E-state index is -3.62. The molecule has 0 saturated heterocycles. The summed E-state index contributed by atoms with van der Waals surface area (Å²) in [5.74, 6) is -0.585. The number of halogens is 1. The molecule has 0 N–H and O–H groups in total. The molecule has 0 radical (unpaired) electrons. The normalized spacial score (nSPS) is 11.5. The molecule has 2 rings (SSSR count). The van der Waals surface area contributed by atoms with E-state index in [1.807, 2.05) is 31.2 Å². The van der Waals surface area contributed by atoms with Crippen molar-refractivity contribution in [1.29, 1.82) is 0 Å². The molecule has 0 unspecified atom stereocenters. The Morgan fingerprint density at radius 2 is 1.75 bits per heavy atom. The molecule has 0 atom stereocenters. The average Bonchev–Trinajstić information content (AvgIpc) is 2.54. The Balaban J connectivity index is 2.21. The van der Waals surface area contributed by atoms with Crippen molar-refractivity contribution in [3.05, 3.63) is 63.6 Å².